The van der Waals surface area contributed by atoms with Crippen LogP contribution in [-0.2, 0) is 21.4 Å². The molecule has 0 unspecified atom stereocenters. The molecule has 8 nitrogen and oxygen atoms in total. The molecule has 0 N–H and O–H groups in total. The number of hydrogen-bond acceptors (Lipinski definition) is 6. The van der Waals surface area contributed by atoms with Gasteiger partial charge in [-0.3, -0.25) is 4.79 Å². The Hall–Kier alpha value is -3.30. The molecule has 0 saturated carbocycles. The number of amides is 1. The van der Waals surface area contributed by atoms with Gasteiger partial charge in [0.2, 0.25) is 27.6 Å². The molecule has 1 saturated heterocycles. The van der Waals surface area contributed by atoms with Crippen molar-refractivity contribution in [1.82, 2.24) is 19.3 Å². The summed E-state index contributed by atoms with van der Waals surface area (Å²) in [5.74, 6) is 0.173. The number of benzene rings is 2. The van der Waals surface area contributed by atoms with Gasteiger partial charge in [-0.1, -0.05) is 52.7 Å². The fourth-order valence-electron chi connectivity index (χ4n) is 4.25. The largest absolute Gasteiger partial charge is 0.337 e. The minimum absolute atomic E-state index is 0.130. The molecule has 1 aliphatic heterocycles. The van der Waals surface area contributed by atoms with Gasteiger partial charge in [-0.15, -0.1) is 6.58 Å². The first-order valence-electron chi connectivity index (χ1n) is 11.6. The maximum atomic E-state index is 13.4. The molecule has 0 aliphatic carbocycles. The molecule has 0 bridgehead atoms. The van der Waals surface area contributed by atoms with Crippen LogP contribution in [-0.4, -0.2) is 53.3 Å². The van der Waals surface area contributed by atoms with E-state index in [1.54, 1.807) is 35.2 Å². The highest BCUT2D eigenvalue weighted by atomic mass is 32.2. The summed E-state index contributed by atoms with van der Waals surface area (Å²) in [5, 5.41) is 4.06. The summed E-state index contributed by atoms with van der Waals surface area (Å²) in [6.07, 6.45) is 2.87. The highest BCUT2D eigenvalue weighted by Gasteiger charge is 2.35. The van der Waals surface area contributed by atoms with Gasteiger partial charge in [0.25, 0.3) is 0 Å². The molecule has 1 amide bonds. The Morgan fingerprint density at radius 1 is 1.20 bits per heavy atom. The van der Waals surface area contributed by atoms with Crippen LogP contribution in [0.5, 0.6) is 0 Å². The zero-order chi connectivity index (χ0) is 25.0. The van der Waals surface area contributed by atoms with E-state index in [9.17, 15) is 13.2 Å². The lowest BCUT2D eigenvalue weighted by atomic mass is 9.98. The average Bonchev–Trinajstić information content (AvgIpc) is 3.32. The lowest BCUT2D eigenvalue weighted by Crippen LogP contribution is -2.46. The van der Waals surface area contributed by atoms with E-state index < -0.39 is 15.9 Å². The second-order valence-electron chi connectivity index (χ2n) is 8.90. The van der Waals surface area contributed by atoms with Crippen LogP contribution in [0.1, 0.15) is 29.9 Å². The first-order valence-corrected chi connectivity index (χ1v) is 13.1. The van der Waals surface area contributed by atoms with Crippen LogP contribution in [0.4, 0.5) is 0 Å². The second-order valence-corrected chi connectivity index (χ2v) is 10.8. The quantitative estimate of drug-likeness (QED) is 0.440. The van der Waals surface area contributed by atoms with E-state index >= 15 is 0 Å². The van der Waals surface area contributed by atoms with Crippen LogP contribution >= 0.6 is 0 Å². The van der Waals surface area contributed by atoms with Crippen molar-refractivity contribution >= 4 is 15.9 Å². The van der Waals surface area contributed by atoms with E-state index in [0.717, 1.165) is 16.7 Å². The Morgan fingerprint density at radius 3 is 2.69 bits per heavy atom. The highest BCUT2D eigenvalue weighted by Crippen LogP contribution is 2.26. The van der Waals surface area contributed by atoms with E-state index in [2.05, 4.69) is 16.7 Å². The molecule has 35 heavy (non-hydrogen) atoms. The monoisotopic (exact) mass is 494 g/mol. The smallest absolute Gasteiger partial charge is 0.246 e. The van der Waals surface area contributed by atoms with Crippen molar-refractivity contribution in [3.8, 4) is 11.4 Å². The highest BCUT2D eigenvalue weighted by molar-refractivity contribution is 7.89. The Bertz CT molecular complexity index is 1300. The van der Waals surface area contributed by atoms with Gasteiger partial charge in [0.1, 0.15) is 6.54 Å². The summed E-state index contributed by atoms with van der Waals surface area (Å²) in [4.78, 5) is 19.7. The second kappa shape index (κ2) is 10.5. The van der Waals surface area contributed by atoms with Gasteiger partial charge in [0.15, 0.2) is 0 Å². The number of carbonyl (C=O) groups excluding carboxylic acids is 1. The molecule has 9 heteroatoms. The van der Waals surface area contributed by atoms with E-state index in [-0.39, 0.29) is 23.9 Å². The Kier molecular flexibility index (Phi) is 7.47. The number of hydrogen-bond donors (Lipinski definition) is 0. The van der Waals surface area contributed by atoms with Crippen molar-refractivity contribution in [3.05, 3.63) is 78.2 Å². The molecule has 2 aromatic carbocycles. The molecule has 4 rings (SSSR count). The number of piperidine rings is 1. The zero-order valence-corrected chi connectivity index (χ0v) is 20.9. The van der Waals surface area contributed by atoms with Gasteiger partial charge < -0.3 is 9.42 Å². The van der Waals surface area contributed by atoms with Gasteiger partial charge in [0.05, 0.1) is 10.8 Å². The summed E-state index contributed by atoms with van der Waals surface area (Å²) in [7, 11) is -3.67. The van der Waals surface area contributed by atoms with Crippen LogP contribution in [0.2, 0.25) is 0 Å². The predicted octanol–water partition coefficient (Wildman–Crippen LogP) is 3.97. The van der Waals surface area contributed by atoms with Crippen molar-refractivity contribution in [3.63, 3.8) is 0 Å². The molecule has 2 heterocycles. The molecule has 3 aromatic rings. The first kappa shape index (κ1) is 24.8. The molecule has 1 aliphatic rings. The Morgan fingerprint density at radius 2 is 1.97 bits per heavy atom. The van der Waals surface area contributed by atoms with E-state index in [1.165, 1.54) is 4.31 Å². The minimum atomic E-state index is -3.67. The lowest BCUT2D eigenvalue weighted by Gasteiger charge is -2.33. The van der Waals surface area contributed by atoms with Gasteiger partial charge in [-0.05, 0) is 44.9 Å². The summed E-state index contributed by atoms with van der Waals surface area (Å²) < 4.78 is 33.2. The Labute approximate surface area is 206 Å². The molecule has 0 spiro atoms. The van der Waals surface area contributed by atoms with Crippen molar-refractivity contribution in [2.45, 2.75) is 38.1 Å². The van der Waals surface area contributed by atoms with E-state index in [1.807, 2.05) is 38.1 Å². The van der Waals surface area contributed by atoms with Crippen LogP contribution in [0.25, 0.3) is 11.4 Å². The van der Waals surface area contributed by atoms with Crippen molar-refractivity contribution in [1.29, 1.82) is 0 Å². The number of carbonyl (C=O) groups is 1. The van der Waals surface area contributed by atoms with Crippen LogP contribution < -0.4 is 0 Å². The van der Waals surface area contributed by atoms with Gasteiger partial charge >= 0.3 is 0 Å². The maximum Gasteiger partial charge on any atom is 0.246 e. The number of sulfonamides is 1. The fourth-order valence-corrected chi connectivity index (χ4v) is 5.78. The normalized spacial score (nSPS) is 16.7. The molecule has 184 valence electrons. The van der Waals surface area contributed by atoms with Crippen molar-refractivity contribution < 1.29 is 17.7 Å². The van der Waals surface area contributed by atoms with Crippen LogP contribution in [0.15, 0.2) is 70.6 Å². The molecule has 1 aromatic heterocycles. The predicted molar refractivity (Wildman–Crippen MR) is 133 cm³/mol. The summed E-state index contributed by atoms with van der Waals surface area (Å²) >= 11 is 0. The third kappa shape index (κ3) is 5.68. The third-order valence-electron chi connectivity index (χ3n) is 6.12. The molecular formula is C26H30N4O4S. The first-order chi connectivity index (χ1) is 16.8. The number of aromatic nitrogens is 2. The van der Waals surface area contributed by atoms with Gasteiger partial charge in [-0.2, -0.15) is 9.29 Å². The third-order valence-corrected chi connectivity index (χ3v) is 8.00. The number of aryl methyl sites for hydroxylation is 2. The zero-order valence-electron chi connectivity index (χ0n) is 20.1. The molecule has 0 radical (unpaired) electrons. The molecular weight excluding hydrogens is 464 g/mol. The van der Waals surface area contributed by atoms with Crippen molar-refractivity contribution in [2.75, 3.05) is 19.6 Å². The summed E-state index contributed by atoms with van der Waals surface area (Å²) in [5.41, 5.74) is 2.91. The van der Waals surface area contributed by atoms with E-state index in [0.29, 0.717) is 37.6 Å². The summed E-state index contributed by atoms with van der Waals surface area (Å²) in [6, 6.07) is 14.6. The fraction of sp³-hybridized carbons (Fsp3) is 0.346. The topological polar surface area (TPSA) is 96.6 Å². The maximum absolute atomic E-state index is 13.4. The SMILES string of the molecule is C=CCN(Cc1nc(-c2cccc(C)c2)no1)C(=O)[C@@H]1CCCN(S(=O)(=O)c2ccc(C)cc2)C1. The van der Waals surface area contributed by atoms with Crippen LogP contribution in [0, 0.1) is 19.8 Å². The molecule has 1 fully saturated rings. The molecule has 1 atom stereocenters. The van der Waals surface area contributed by atoms with Gasteiger partial charge in [0, 0.05) is 25.2 Å². The van der Waals surface area contributed by atoms with E-state index in [4.69, 9.17) is 4.52 Å². The standard InChI is InChI=1S/C26H30N4O4S/c1-4-14-29(18-24-27-25(28-34-24)21-8-5-7-20(3)16-21)26(31)22-9-6-15-30(17-22)35(32,33)23-12-10-19(2)11-13-23/h4-5,7-8,10-13,16,22H,1,6,9,14-15,17-18H2,2-3H3/t22-/m1/s1. The van der Waals surface area contributed by atoms with Crippen LogP contribution in [0.3, 0.4) is 0 Å². The lowest BCUT2D eigenvalue weighted by molar-refractivity contribution is -0.137. The Balaban J connectivity index is 1.48. The summed E-state index contributed by atoms with van der Waals surface area (Å²) in [6.45, 7) is 8.62. The minimum Gasteiger partial charge on any atom is -0.337 e. The average molecular weight is 495 g/mol. The van der Waals surface area contributed by atoms with Gasteiger partial charge in [-0.25, -0.2) is 8.42 Å². The van der Waals surface area contributed by atoms with Crippen molar-refractivity contribution in [2.24, 2.45) is 5.92 Å². The number of rotatable bonds is 8. The number of nitrogens with zero attached hydrogens (tertiary/aromatic N) is 4.